The third-order valence-electron chi connectivity index (χ3n) is 4.90. The van der Waals surface area contributed by atoms with Crippen molar-refractivity contribution < 1.29 is 27.3 Å². The normalized spacial score (nSPS) is 17.2. The summed E-state index contributed by atoms with van der Waals surface area (Å²) in [7, 11) is 0. The third-order valence-corrected chi connectivity index (χ3v) is 4.90. The van der Waals surface area contributed by atoms with E-state index in [1.807, 2.05) is 0 Å². The van der Waals surface area contributed by atoms with Gasteiger partial charge in [-0.15, -0.1) is 0 Å². The number of halogens is 2. The van der Waals surface area contributed by atoms with Crippen LogP contribution in [0.4, 0.5) is 8.78 Å². The number of nitrogens with zero attached hydrogens (tertiary/aromatic N) is 3. The van der Waals surface area contributed by atoms with Gasteiger partial charge >= 0.3 is 0 Å². The van der Waals surface area contributed by atoms with Crippen LogP contribution in [-0.2, 0) is 4.79 Å². The van der Waals surface area contributed by atoms with E-state index in [1.54, 1.807) is 17.9 Å². The smallest absolute Gasteiger partial charge is 0.287 e. The zero-order valence-electron chi connectivity index (χ0n) is 16.0. The number of carbonyl (C=O) groups excluding carboxylic acids is 2. The summed E-state index contributed by atoms with van der Waals surface area (Å²) >= 11 is 0. The quantitative estimate of drug-likeness (QED) is 0.686. The maximum absolute atomic E-state index is 14.0. The summed E-state index contributed by atoms with van der Waals surface area (Å²) in [5.41, 5.74) is 0.00125. The van der Waals surface area contributed by atoms with Crippen LogP contribution in [0.3, 0.4) is 0 Å². The molecule has 1 fully saturated rings. The lowest BCUT2D eigenvalue weighted by atomic mass is 10.2. The highest BCUT2D eigenvalue weighted by Crippen LogP contribution is 2.33. The molecule has 1 aliphatic rings. The Kier molecular flexibility index (Phi) is 5.30. The Morgan fingerprint density at radius 3 is 2.87 bits per heavy atom. The van der Waals surface area contributed by atoms with Crippen molar-refractivity contribution in [3.05, 3.63) is 59.9 Å². The van der Waals surface area contributed by atoms with Gasteiger partial charge in [0.15, 0.2) is 5.76 Å². The minimum atomic E-state index is -0.809. The number of likely N-dealkylation sites (tertiary alicyclic amines) is 1. The van der Waals surface area contributed by atoms with Gasteiger partial charge in [0.2, 0.25) is 17.6 Å². The first kappa shape index (κ1) is 19.7. The average Bonchev–Trinajstić information content (AvgIpc) is 3.47. The molecule has 3 aromatic rings. The van der Waals surface area contributed by atoms with Gasteiger partial charge in [-0.2, -0.15) is 4.98 Å². The first-order valence-electron chi connectivity index (χ1n) is 9.38. The number of hydrogen-bond acceptors (Lipinski definition) is 6. The first-order chi connectivity index (χ1) is 14.4. The number of rotatable bonds is 5. The maximum Gasteiger partial charge on any atom is 0.287 e. The van der Waals surface area contributed by atoms with Gasteiger partial charge in [0.05, 0.1) is 11.8 Å². The minimum Gasteiger partial charge on any atom is -0.459 e. The maximum atomic E-state index is 14.0. The predicted molar refractivity (Wildman–Crippen MR) is 99.0 cm³/mol. The summed E-state index contributed by atoms with van der Waals surface area (Å²) in [5.74, 6) is -2.09. The Balaban J connectivity index is 1.49. The Labute approximate surface area is 169 Å². The molecule has 0 bridgehead atoms. The van der Waals surface area contributed by atoms with Crippen molar-refractivity contribution in [2.75, 3.05) is 6.54 Å². The van der Waals surface area contributed by atoms with E-state index in [2.05, 4.69) is 15.5 Å². The van der Waals surface area contributed by atoms with Crippen molar-refractivity contribution in [3.63, 3.8) is 0 Å². The summed E-state index contributed by atoms with van der Waals surface area (Å²) in [4.78, 5) is 30.8. The summed E-state index contributed by atoms with van der Waals surface area (Å²) in [6.45, 7) is 2.03. The van der Waals surface area contributed by atoms with Crippen LogP contribution in [-0.4, -0.2) is 39.4 Å². The van der Waals surface area contributed by atoms with Crippen LogP contribution in [0.5, 0.6) is 0 Å². The molecule has 2 atom stereocenters. The zero-order chi connectivity index (χ0) is 21.3. The number of carbonyl (C=O) groups is 2. The van der Waals surface area contributed by atoms with Gasteiger partial charge < -0.3 is 19.2 Å². The van der Waals surface area contributed by atoms with Gasteiger partial charge in [-0.05, 0) is 44.0 Å². The van der Waals surface area contributed by atoms with Crippen LogP contribution in [0.1, 0.15) is 42.3 Å². The van der Waals surface area contributed by atoms with Crippen LogP contribution in [0.25, 0.3) is 11.4 Å². The number of amides is 2. The third kappa shape index (κ3) is 3.80. The molecule has 0 aliphatic carbocycles. The highest BCUT2D eigenvalue weighted by molar-refractivity contribution is 5.95. The minimum absolute atomic E-state index is 0.00125. The molecular formula is C20H18F2N4O4. The molecule has 1 aliphatic heterocycles. The van der Waals surface area contributed by atoms with E-state index in [-0.39, 0.29) is 28.9 Å². The number of furan rings is 1. The van der Waals surface area contributed by atoms with Crippen LogP contribution in [0, 0.1) is 11.6 Å². The van der Waals surface area contributed by atoms with E-state index < -0.39 is 29.6 Å². The Morgan fingerprint density at radius 1 is 1.30 bits per heavy atom. The van der Waals surface area contributed by atoms with Crippen molar-refractivity contribution in [3.8, 4) is 11.4 Å². The number of benzene rings is 1. The monoisotopic (exact) mass is 416 g/mol. The number of aromatic nitrogens is 2. The van der Waals surface area contributed by atoms with Crippen molar-refractivity contribution in [2.24, 2.45) is 0 Å². The van der Waals surface area contributed by atoms with E-state index in [0.717, 1.165) is 12.1 Å². The highest BCUT2D eigenvalue weighted by Gasteiger charge is 2.36. The van der Waals surface area contributed by atoms with Crippen molar-refractivity contribution >= 4 is 11.8 Å². The lowest BCUT2D eigenvalue weighted by molar-refractivity contribution is -0.134. The van der Waals surface area contributed by atoms with Crippen LogP contribution in [0.2, 0.25) is 0 Å². The van der Waals surface area contributed by atoms with E-state index in [9.17, 15) is 18.4 Å². The Morgan fingerprint density at radius 2 is 2.13 bits per heavy atom. The van der Waals surface area contributed by atoms with Gasteiger partial charge in [0, 0.05) is 12.6 Å². The molecule has 1 aromatic carbocycles. The summed E-state index contributed by atoms with van der Waals surface area (Å²) in [6, 6.07) is 4.84. The van der Waals surface area contributed by atoms with Gasteiger partial charge in [0.1, 0.15) is 23.7 Å². The number of nitrogens with one attached hydrogen (secondary N) is 1. The molecule has 2 unspecified atom stereocenters. The van der Waals surface area contributed by atoms with Crippen molar-refractivity contribution in [1.29, 1.82) is 0 Å². The molecule has 156 valence electrons. The van der Waals surface area contributed by atoms with Gasteiger partial charge in [0.25, 0.3) is 5.91 Å². The van der Waals surface area contributed by atoms with Gasteiger partial charge in [-0.3, -0.25) is 9.59 Å². The van der Waals surface area contributed by atoms with E-state index >= 15 is 0 Å². The molecule has 2 amide bonds. The molecule has 3 heterocycles. The SMILES string of the molecule is CC(NC(=O)c1ccco1)C(=O)N1CCCC1c1nc(-c2ccc(F)cc2F)no1. The standard InChI is InChI=1S/C20H18F2N4O4/c1-11(23-18(27)16-5-3-9-29-16)20(28)26-8-2-4-15(26)19-24-17(25-30-19)13-7-6-12(21)10-14(13)22/h3,5-7,9-11,15H,2,4,8H2,1H3,(H,23,27). The second kappa shape index (κ2) is 8.05. The summed E-state index contributed by atoms with van der Waals surface area (Å²) < 4.78 is 37.4. The Hall–Kier alpha value is -3.56. The van der Waals surface area contributed by atoms with Crippen molar-refractivity contribution in [2.45, 2.75) is 31.8 Å². The molecule has 0 radical (unpaired) electrons. The fourth-order valence-corrected chi connectivity index (χ4v) is 3.42. The topological polar surface area (TPSA) is 101 Å². The van der Waals surface area contributed by atoms with Crippen LogP contribution < -0.4 is 5.32 Å². The predicted octanol–water partition coefficient (Wildman–Crippen LogP) is 3.09. The first-order valence-corrected chi connectivity index (χ1v) is 9.38. The van der Waals surface area contributed by atoms with Gasteiger partial charge in [-0.1, -0.05) is 5.16 Å². The summed E-state index contributed by atoms with van der Waals surface area (Å²) in [5, 5.41) is 6.37. The van der Waals surface area contributed by atoms with Crippen molar-refractivity contribution in [1.82, 2.24) is 20.4 Å². The largest absolute Gasteiger partial charge is 0.459 e. The molecule has 8 nitrogen and oxygen atoms in total. The highest BCUT2D eigenvalue weighted by atomic mass is 19.1. The van der Waals surface area contributed by atoms with E-state index in [0.29, 0.717) is 19.4 Å². The molecule has 30 heavy (non-hydrogen) atoms. The van der Waals surface area contributed by atoms with Gasteiger partial charge in [-0.25, -0.2) is 8.78 Å². The molecule has 1 N–H and O–H groups in total. The fraction of sp³-hybridized carbons (Fsp3) is 0.300. The molecule has 1 saturated heterocycles. The lowest BCUT2D eigenvalue weighted by Crippen LogP contribution is -2.46. The molecule has 0 saturated carbocycles. The molecular weight excluding hydrogens is 398 g/mol. The molecule has 2 aromatic heterocycles. The fourth-order valence-electron chi connectivity index (χ4n) is 3.42. The van der Waals surface area contributed by atoms with Crippen LogP contribution >= 0.6 is 0 Å². The zero-order valence-corrected chi connectivity index (χ0v) is 16.0. The molecule has 4 rings (SSSR count). The summed E-state index contributed by atoms with van der Waals surface area (Å²) in [6.07, 6.45) is 2.66. The number of hydrogen-bond donors (Lipinski definition) is 1. The van der Waals surface area contributed by atoms with Crippen LogP contribution in [0.15, 0.2) is 45.5 Å². The molecule has 0 spiro atoms. The second-order valence-electron chi connectivity index (χ2n) is 6.94. The molecule has 10 heteroatoms. The Bertz CT molecular complexity index is 1070. The average molecular weight is 416 g/mol. The lowest BCUT2D eigenvalue weighted by Gasteiger charge is -2.25. The van der Waals surface area contributed by atoms with E-state index in [4.69, 9.17) is 8.94 Å². The second-order valence-corrected chi connectivity index (χ2v) is 6.94. The van der Waals surface area contributed by atoms with E-state index in [1.165, 1.54) is 18.4 Å².